The molecule has 1 heterocycles. The first-order valence-corrected chi connectivity index (χ1v) is 5.44. The number of carbonyl (C=O) groups is 1. The molecule has 0 aliphatic heterocycles. The van der Waals surface area contributed by atoms with Crippen molar-refractivity contribution < 1.29 is 13.9 Å². The normalized spacial score (nSPS) is 10.7. The van der Waals surface area contributed by atoms with Gasteiger partial charge in [-0.2, -0.15) is 0 Å². The van der Waals surface area contributed by atoms with Crippen molar-refractivity contribution in [3.8, 4) is 0 Å². The fourth-order valence-corrected chi connectivity index (χ4v) is 1.51. The molecule has 0 saturated heterocycles. The lowest BCUT2D eigenvalue weighted by atomic mass is 10.3. The molecule has 1 aromatic heterocycles. The monoisotopic (exact) mass is 234 g/mol. The van der Waals surface area contributed by atoms with Crippen LogP contribution in [0.1, 0.15) is 12.8 Å². The van der Waals surface area contributed by atoms with Gasteiger partial charge < -0.3 is 14.5 Å². The third kappa shape index (κ3) is 2.82. The quantitative estimate of drug-likeness (QED) is 0.879. The fraction of sp³-hybridized carbons (Fsp3) is 0.333. The average molecular weight is 234 g/mol. The third-order valence-electron chi connectivity index (χ3n) is 2.22. The molecule has 0 radical (unpaired) electrons. The van der Waals surface area contributed by atoms with Gasteiger partial charge >= 0.3 is 0 Å². The van der Waals surface area contributed by atoms with Crippen LogP contribution >= 0.6 is 0 Å². The average Bonchev–Trinajstić information content (AvgIpc) is 2.65. The highest BCUT2D eigenvalue weighted by Gasteiger charge is 2.05. The maximum Gasteiger partial charge on any atom is 0.250 e. The SMILES string of the molecule is CCOCC(=O)Nc1ccc2oc(C)nc2c1. The molecule has 0 unspecified atom stereocenters. The smallest absolute Gasteiger partial charge is 0.250 e. The second kappa shape index (κ2) is 4.97. The van der Waals surface area contributed by atoms with Gasteiger partial charge in [0.25, 0.3) is 0 Å². The van der Waals surface area contributed by atoms with Gasteiger partial charge in [0.2, 0.25) is 5.91 Å². The zero-order valence-corrected chi connectivity index (χ0v) is 9.82. The van der Waals surface area contributed by atoms with Crippen molar-refractivity contribution in [2.24, 2.45) is 0 Å². The molecule has 1 N–H and O–H groups in total. The first-order valence-electron chi connectivity index (χ1n) is 5.44. The van der Waals surface area contributed by atoms with Gasteiger partial charge in [-0.1, -0.05) is 0 Å². The summed E-state index contributed by atoms with van der Waals surface area (Å²) in [6.07, 6.45) is 0. The second-order valence-corrected chi connectivity index (χ2v) is 3.60. The van der Waals surface area contributed by atoms with Crippen molar-refractivity contribution in [3.63, 3.8) is 0 Å². The number of oxazole rings is 1. The summed E-state index contributed by atoms with van der Waals surface area (Å²) in [6, 6.07) is 5.33. The molecule has 0 spiro atoms. The molecule has 1 amide bonds. The minimum Gasteiger partial charge on any atom is -0.441 e. The van der Waals surface area contributed by atoms with E-state index in [1.165, 1.54) is 0 Å². The lowest BCUT2D eigenvalue weighted by Crippen LogP contribution is -2.18. The first kappa shape index (κ1) is 11.6. The van der Waals surface area contributed by atoms with Crippen LogP contribution in [0.15, 0.2) is 22.6 Å². The highest BCUT2D eigenvalue weighted by molar-refractivity contribution is 5.93. The molecule has 1 aromatic carbocycles. The van der Waals surface area contributed by atoms with Crippen LogP contribution in [0.3, 0.4) is 0 Å². The molecule has 5 nitrogen and oxygen atoms in total. The van der Waals surface area contributed by atoms with Crippen molar-refractivity contribution in [2.45, 2.75) is 13.8 Å². The summed E-state index contributed by atoms with van der Waals surface area (Å²) >= 11 is 0. The topological polar surface area (TPSA) is 64.4 Å². The minimum atomic E-state index is -0.175. The zero-order chi connectivity index (χ0) is 12.3. The largest absolute Gasteiger partial charge is 0.441 e. The lowest BCUT2D eigenvalue weighted by Gasteiger charge is -2.04. The Morgan fingerprint density at radius 2 is 2.35 bits per heavy atom. The summed E-state index contributed by atoms with van der Waals surface area (Å²) in [6.45, 7) is 4.21. The highest BCUT2D eigenvalue weighted by Crippen LogP contribution is 2.19. The van der Waals surface area contributed by atoms with Crippen molar-refractivity contribution in [1.82, 2.24) is 4.98 Å². The van der Waals surface area contributed by atoms with Crippen LogP contribution in [-0.4, -0.2) is 24.1 Å². The number of amides is 1. The first-order chi connectivity index (χ1) is 8.19. The summed E-state index contributed by atoms with van der Waals surface area (Å²) < 4.78 is 10.4. The van der Waals surface area contributed by atoms with Crippen molar-refractivity contribution in [2.75, 3.05) is 18.5 Å². The van der Waals surface area contributed by atoms with Gasteiger partial charge in [0.15, 0.2) is 11.5 Å². The molecule has 0 bridgehead atoms. The number of aromatic nitrogens is 1. The number of nitrogens with zero attached hydrogens (tertiary/aromatic N) is 1. The zero-order valence-electron chi connectivity index (χ0n) is 9.82. The molecule has 5 heteroatoms. The maximum absolute atomic E-state index is 11.4. The van der Waals surface area contributed by atoms with Crippen molar-refractivity contribution >= 4 is 22.7 Å². The third-order valence-corrected chi connectivity index (χ3v) is 2.22. The summed E-state index contributed by atoms with van der Waals surface area (Å²) in [5, 5.41) is 2.73. The van der Waals surface area contributed by atoms with E-state index in [1.54, 1.807) is 25.1 Å². The Morgan fingerprint density at radius 3 is 3.12 bits per heavy atom. The molecule has 0 atom stereocenters. The number of benzene rings is 1. The molecular formula is C12H14N2O3. The molecule has 0 saturated carbocycles. The number of ether oxygens (including phenoxy) is 1. The molecule has 0 fully saturated rings. The number of anilines is 1. The standard InChI is InChI=1S/C12H14N2O3/c1-3-16-7-12(15)14-9-4-5-11-10(6-9)13-8(2)17-11/h4-6H,3,7H2,1-2H3,(H,14,15). The number of carbonyl (C=O) groups excluding carboxylic acids is 1. The predicted molar refractivity (Wildman–Crippen MR) is 63.9 cm³/mol. The Hall–Kier alpha value is -1.88. The number of fused-ring (bicyclic) bond motifs is 1. The number of rotatable bonds is 4. The van der Waals surface area contributed by atoms with Crippen molar-refractivity contribution in [3.05, 3.63) is 24.1 Å². The van der Waals surface area contributed by atoms with Crippen LogP contribution < -0.4 is 5.32 Å². The van der Waals surface area contributed by atoms with E-state index in [9.17, 15) is 4.79 Å². The van der Waals surface area contributed by atoms with E-state index in [4.69, 9.17) is 9.15 Å². The summed E-state index contributed by atoms with van der Waals surface area (Å²) in [5.41, 5.74) is 2.14. The van der Waals surface area contributed by atoms with Crippen LogP contribution in [0.4, 0.5) is 5.69 Å². The van der Waals surface area contributed by atoms with E-state index in [-0.39, 0.29) is 12.5 Å². The Bertz CT molecular complexity index is 534. The Labute approximate surface area is 98.8 Å². The Balaban J connectivity index is 2.10. The predicted octanol–water partition coefficient (Wildman–Crippen LogP) is 2.11. The van der Waals surface area contributed by atoms with E-state index < -0.39 is 0 Å². The highest BCUT2D eigenvalue weighted by atomic mass is 16.5. The number of hydrogen-bond acceptors (Lipinski definition) is 4. The number of aryl methyl sites for hydroxylation is 1. The van der Waals surface area contributed by atoms with Crippen LogP contribution in [-0.2, 0) is 9.53 Å². The Morgan fingerprint density at radius 1 is 1.53 bits per heavy atom. The van der Waals surface area contributed by atoms with Gasteiger partial charge in [0, 0.05) is 19.2 Å². The van der Waals surface area contributed by atoms with E-state index in [2.05, 4.69) is 10.3 Å². The van der Waals surface area contributed by atoms with Crippen LogP contribution in [0.2, 0.25) is 0 Å². The summed E-state index contributed by atoms with van der Waals surface area (Å²) in [5.74, 6) is 0.434. The van der Waals surface area contributed by atoms with Crippen LogP contribution in [0, 0.1) is 6.92 Å². The molecule has 0 aliphatic carbocycles. The molecule has 2 aromatic rings. The van der Waals surface area contributed by atoms with E-state index in [0.29, 0.717) is 23.8 Å². The number of hydrogen-bond donors (Lipinski definition) is 1. The van der Waals surface area contributed by atoms with Crippen molar-refractivity contribution in [1.29, 1.82) is 0 Å². The van der Waals surface area contributed by atoms with Crippen LogP contribution in [0.5, 0.6) is 0 Å². The number of nitrogens with one attached hydrogen (secondary N) is 1. The Kier molecular flexibility index (Phi) is 3.39. The molecule has 2 rings (SSSR count). The van der Waals surface area contributed by atoms with Gasteiger partial charge in [-0.05, 0) is 25.1 Å². The second-order valence-electron chi connectivity index (χ2n) is 3.60. The van der Waals surface area contributed by atoms with E-state index in [0.717, 1.165) is 5.52 Å². The van der Waals surface area contributed by atoms with E-state index >= 15 is 0 Å². The lowest BCUT2D eigenvalue weighted by molar-refractivity contribution is -0.120. The van der Waals surface area contributed by atoms with Gasteiger partial charge in [0.1, 0.15) is 12.1 Å². The van der Waals surface area contributed by atoms with Crippen LogP contribution in [0.25, 0.3) is 11.1 Å². The van der Waals surface area contributed by atoms with Gasteiger partial charge in [-0.25, -0.2) is 4.98 Å². The maximum atomic E-state index is 11.4. The minimum absolute atomic E-state index is 0.0619. The molecular weight excluding hydrogens is 220 g/mol. The van der Waals surface area contributed by atoms with Gasteiger partial charge in [0.05, 0.1) is 0 Å². The van der Waals surface area contributed by atoms with E-state index in [1.807, 2.05) is 6.92 Å². The molecule has 90 valence electrons. The van der Waals surface area contributed by atoms with Gasteiger partial charge in [-0.3, -0.25) is 4.79 Å². The van der Waals surface area contributed by atoms with Gasteiger partial charge in [-0.15, -0.1) is 0 Å². The summed E-state index contributed by atoms with van der Waals surface area (Å²) in [4.78, 5) is 15.6. The molecule has 0 aliphatic rings. The molecule has 17 heavy (non-hydrogen) atoms. The fourth-order valence-electron chi connectivity index (χ4n) is 1.51. The summed E-state index contributed by atoms with van der Waals surface area (Å²) in [7, 11) is 0.